The molecule has 1 aromatic heterocycles. The van der Waals surface area contributed by atoms with Gasteiger partial charge in [-0.3, -0.25) is 19.7 Å². The van der Waals surface area contributed by atoms with Gasteiger partial charge in [0.1, 0.15) is 6.04 Å². The van der Waals surface area contributed by atoms with Crippen LogP contribution < -0.4 is 16.0 Å². The summed E-state index contributed by atoms with van der Waals surface area (Å²) in [6, 6.07) is 5.11. The number of aromatic nitrogens is 2. The quantitative estimate of drug-likeness (QED) is 0.633. The van der Waals surface area contributed by atoms with Crippen LogP contribution in [0, 0.1) is 0 Å². The molecule has 0 bridgehead atoms. The summed E-state index contributed by atoms with van der Waals surface area (Å²) in [5.74, 6) is -0.330. The summed E-state index contributed by atoms with van der Waals surface area (Å²) in [4.78, 5) is 47.4. The van der Waals surface area contributed by atoms with Crippen LogP contribution in [0.2, 0.25) is 0 Å². The van der Waals surface area contributed by atoms with Crippen LogP contribution in [0.25, 0.3) is 0 Å². The molecular weight excluding hydrogens is 384 g/mol. The number of imide groups is 1. The van der Waals surface area contributed by atoms with Crippen molar-refractivity contribution in [3.8, 4) is 0 Å². The highest BCUT2D eigenvalue weighted by molar-refractivity contribution is 6.06. The van der Waals surface area contributed by atoms with Crippen molar-refractivity contribution >= 4 is 23.7 Å². The fraction of sp³-hybridized carbons (Fsp3) is 0.381. The third-order valence-corrected chi connectivity index (χ3v) is 5.89. The Morgan fingerprint density at radius 3 is 2.93 bits per heavy atom. The van der Waals surface area contributed by atoms with Crippen LogP contribution in [0.1, 0.15) is 45.6 Å². The number of amides is 3. The second-order valence-corrected chi connectivity index (χ2v) is 7.80. The van der Waals surface area contributed by atoms with Gasteiger partial charge >= 0.3 is 0 Å². The van der Waals surface area contributed by atoms with Gasteiger partial charge in [0.05, 0.1) is 5.69 Å². The molecule has 3 aliphatic rings. The molecule has 0 aliphatic carbocycles. The van der Waals surface area contributed by atoms with Gasteiger partial charge in [-0.25, -0.2) is 9.97 Å². The Morgan fingerprint density at radius 2 is 2.07 bits per heavy atom. The first kappa shape index (κ1) is 18.7. The van der Waals surface area contributed by atoms with Crippen LogP contribution in [-0.4, -0.2) is 45.2 Å². The summed E-state index contributed by atoms with van der Waals surface area (Å²) >= 11 is 0. The first-order valence-electron chi connectivity index (χ1n) is 10.1. The molecule has 1 atom stereocenters. The Kier molecular flexibility index (Phi) is 4.66. The second kappa shape index (κ2) is 7.49. The summed E-state index contributed by atoms with van der Waals surface area (Å²) in [5.41, 5.74) is 4.51. The normalized spacial score (nSPS) is 20.6. The molecular formula is C21H22N6O3. The van der Waals surface area contributed by atoms with Crippen molar-refractivity contribution in [2.45, 2.75) is 44.9 Å². The van der Waals surface area contributed by atoms with Crippen molar-refractivity contribution in [3.05, 3.63) is 52.3 Å². The molecule has 1 fully saturated rings. The Hall–Kier alpha value is -3.33. The van der Waals surface area contributed by atoms with Crippen molar-refractivity contribution in [3.63, 3.8) is 0 Å². The van der Waals surface area contributed by atoms with Gasteiger partial charge in [0, 0.05) is 37.8 Å². The molecule has 9 heteroatoms. The molecule has 30 heavy (non-hydrogen) atoms. The Labute approximate surface area is 173 Å². The lowest BCUT2D eigenvalue weighted by atomic mass is 10.0. The average Bonchev–Trinajstić information content (AvgIpc) is 3.09. The van der Waals surface area contributed by atoms with E-state index in [1.807, 2.05) is 24.4 Å². The largest absolute Gasteiger partial charge is 0.350 e. The molecule has 0 saturated carbocycles. The van der Waals surface area contributed by atoms with Gasteiger partial charge in [-0.15, -0.1) is 0 Å². The fourth-order valence-electron chi connectivity index (χ4n) is 4.33. The monoisotopic (exact) mass is 406 g/mol. The van der Waals surface area contributed by atoms with E-state index < -0.39 is 11.9 Å². The average molecular weight is 406 g/mol. The minimum absolute atomic E-state index is 0.174. The summed E-state index contributed by atoms with van der Waals surface area (Å²) in [6.45, 7) is 2.44. The van der Waals surface area contributed by atoms with E-state index in [1.54, 1.807) is 4.90 Å². The molecule has 5 rings (SSSR count). The zero-order valence-corrected chi connectivity index (χ0v) is 16.4. The molecule has 3 N–H and O–H groups in total. The Morgan fingerprint density at radius 1 is 1.17 bits per heavy atom. The van der Waals surface area contributed by atoms with Gasteiger partial charge in [0.25, 0.3) is 5.91 Å². The lowest BCUT2D eigenvalue weighted by molar-refractivity contribution is -0.136. The van der Waals surface area contributed by atoms with Crippen LogP contribution in [0.15, 0.2) is 24.4 Å². The Bertz CT molecular complexity index is 1050. The number of anilines is 1. The highest BCUT2D eigenvalue weighted by Gasteiger charge is 2.39. The number of fused-ring (bicyclic) bond motifs is 2. The maximum atomic E-state index is 13.1. The third-order valence-electron chi connectivity index (χ3n) is 5.89. The number of piperidine rings is 1. The minimum atomic E-state index is -0.611. The van der Waals surface area contributed by atoms with E-state index in [2.05, 4.69) is 25.9 Å². The van der Waals surface area contributed by atoms with Crippen LogP contribution >= 0.6 is 0 Å². The number of rotatable bonds is 4. The highest BCUT2D eigenvalue weighted by Crippen LogP contribution is 2.30. The minimum Gasteiger partial charge on any atom is -0.350 e. The van der Waals surface area contributed by atoms with E-state index in [0.29, 0.717) is 31.0 Å². The molecule has 3 amide bonds. The van der Waals surface area contributed by atoms with E-state index >= 15 is 0 Å². The number of carbonyl (C=O) groups excluding carboxylic acids is 3. The topological polar surface area (TPSA) is 116 Å². The second-order valence-electron chi connectivity index (χ2n) is 7.80. The zero-order chi connectivity index (χ0) is 20.7. The fourth-order valence-corrected chi connectivity index (χ4v) is 4.33. The molecule has 3 aliphatic heterocycles. The zero-order valence-electron chi connectivity index (χ0n) is 16.4. The van der Waals surface area contributed by atoms with Gasteiger partial charge in [-0.1, -0.05) is 18.2 Å². The summed E-state index contributed by atoms with van der Waals surface area (Å²) < 4.78 is 0. The molecule has 0 radical (unpaired) electrons. The van der Waals surface area contributed by atoms with E-state index in [-0.39, 0.29) is 18.2 Å². The van der Waals surface area contributed by atoms with Crippen LogP contribution in [0.3, 0.4) is 0 Å². The van der Waals surface area contributed by atoms with Gasteiger partial charge < -0.3 is 15.5 Å². The molecule has 1 aromatic carbocycles. The van der Waals surface area contributed by atoms with Gasteiger partial charge in [0.15, 0.2) is 0 Å². The number of hydrogen-bond donors (Lipinski definition) is 3. The number of benzene rings is 1. The van der Waals surface area contributed by atoms with E-state index in [4.69, 9.17) is 0 Å². The maximum absolute atomic E-state index is 13.1. The van der Waals surface area contributed by atoms with Crippen LogP contribution in [-0.2, 0) is 35.6 Å². The SMILES string of the molecule is O=C1CCC(N2Cc3cccc(CNc4ncc5c(n4)CNCC5)c3C2=O)C(=O)N1. The number of carbonyl (C=O) groups is 3. The highest BCUT2D eigenvalue weighted by atomic mass is 16.2. The van der Waals surface area contributed by atoms with Gasteiger partial charge in [-0.05, 0) is 36.1 Å². The van der Waals surface area contributed by atoms with Crippen LogP contribution in [0.5, 0.6) is 0 Å². The van der Waals surface area contributed by atoms with E-state index in [0.717, 1.165) is 41.9 Å². The summed E-state index contributed by atoms with van der Waals surface area (Å²) in [6.07, 6.45) is 3.38. The van der Waals surface area contributed by atoms with Crippen molar-refractivity contribution in [1.82, 2.24) is 25.5 Å². The predicted octanol–water partition coefficient (Wildman–Crippen LogP) is 0.495. The van der Waals surface area contributed by atoms with Crippen molar-refractivity contribution < 1.29 is 14.4 Å². The molecule has 154 valence electrons. The molecule has 2 aromatic rings. The predicted molar refractivity (Wildman–Crippen MR) is 107 cm³/mol. The first-order valence-corrected chi connectivity index (χ1v) is 10.1. The lowest BCUT2D eigenvalue weighted by Gasteiger charge is -2.29. The van der Waals surface area contributed by atoms with Gasteiger partial charge in [0.2, 0.25) is 17.8 Å². The summed E-state index contributed by atoms with van der Waals surface area (Å²) in [5, 5.41) is 8.86. The first-order chi connectivity index (χ1) is 14.6. The van der Waals surface area contributed by atoms with Crippen molar-refractivity contribution in [2.75, 3.05) is 11.9 Å². The smallest absolute Gasteiger partial charge is 0.255 e. The molecule has 0 spiro atoms. The number of nitrogens with zero attached hydrogens (tertiary/aromatic N) is 3. The summed E-state index contributed by atoms with van der Waals surface area (Å²) in [7, 11) is 0. The van der Waals surface area contributed by atoms with Gasteiger partial charge in [-0.2, -0.15) is 0 Å². The molecule has 1 unspecified atom stereocenters. The number of hydrogen-bond acceptors (Lipinski definition) is 7. The van der Waals surface area contributed by atoms with E-state index in [9.17, 15) is 14.4 Å². The third kappa shape index (κ3) is 3.30. The maximum Gasteiger partial charge on any atom is 0.255 e. The lowest BCUT2D eigenvalue weighted by Crippen LogP contribution is -2.52. The molecule has 1 saturated heterocycles. The van der Waals surface area contributed by atoms with E-state index in [1.165, 1.54) is 0 Å². The van der Waals surface area contributed by atoms with Crippen molar-refractivity contribution in [2.24, 2.45) is 0 Å². The Balaban J connectivity index is 1.34. The van der Waals surface area contributed by atoms with Crippen LogP contribution in [0.4, 0.5) is 5.95 Å². The molecule has 9 nitrogen and oxygen atoms in total. The van der Waals surface area contributed by atoms with Crippen molar-refractivity contribution in [1.29, 1.82) is 0 Å². The molecule has 4 heterocycles. The standard InChI is InChI=1S/C21H22N6O3/c28-17-5-4-16(19(29)26-17)27-11-14-3-1-2-13(18(14)20(27)30)9-24-21-23-8-12-6-7-22-10-15(12)25-21/h1-3,8,16,22H,4-7,9-11H2,(H,23,24,25)(H,26,28,29). The number of nitrogens with one attached hydrogen (secondary N) is 3.